The molecule has 6 heteroatoms. The molecule has 0 radical (unpaired) electrons. The molecule has 0 fully saturated rings. The third kappa shape index (κ3) is 2.59. The van der Waals surface area contributed by atoms with Crippen LogP contribution in [-0.2, 0) is 12.6 Å². The highest BCUT2D eigenvalue weighted by Crippen LogP contribution is 2.30. The summed E-state index contributed by atoms with van der Waals surface area (Å²) in [5.41, 5.74) is -0.837. The molecule has 3 nitrogen and oxygen atoms in total. The molecule has 1 heterocycles. The van der Waals surface area contributed by atoms with Gasteiger partial charge in [0.15, 0.2) is 0 Å². The molecule has 0 aromatic carbocycles. The second-order valence-electron chi connectivity index (χ2n) is 2.71. The summed E-state index contributed by atoms with van der Waals surface area (Å²) < 4.78 is 41.6. The van der Waals surface area contributed by atoms with E-state index in [0.29, 0.717) is 0 Å². The summed E-state index contributed by atoms with van der Waals surface area (Å²) in [6.07, 6.45) is -3.68. The van der Waals surface area contributed by atoms with Gasteiger partial charge in [-0.15, -0.1) is 0 Å². The first-order valence-electron chi connectivity index (χ1n) is 3.96. The molecule has 0 saturated heterocycles. The van der Waals surface area contributed by atoms with E-state index < -0.39 is 11.9 Å². The number of hydrogen-bond donors (Lipinski definition) is 0. The number of nitrogens with zero attached hydrogens (tertiary/aromatic N) is 2. The lowest BCUT2D eigenvalue weighted by atomic mass is 10.1. The number of nitriles is 1. The number of ether oxygens (including phenoxy) is 1. The van der Waals surface area contributed by atoms with Crippen molar-refractivity contribution in [2.75, 3.05) is 7.11 Å². The van der Waals surface area contributed by atoms with Crippen molar-refractivity contribution >= 4 is 0 Å². The van der Waals surface area contributed by atoms with E-state index in [4.69, 9.17) is 10.00 Å². The fourth-order valence-corrected chi connectivity index (χ4v) is 1.05. The standard InChI is InChI=1S/C9H7F3N2O/c1-15-7-5-14-8(9(10,11)12)4-6(7)2-3-13/h4-5H,2H2,1H3. The highest BCUT2D eigenvalue weighted by atomic mass is 19.4. The number of methoxy groups -OCH3 is 1. The predicted molar refractivity (Wildman–Crippen MR) is 45.1 cm³/mol. The molecule has 0 unspecified atom stereocenters. The number of pyridine rings is 1. The Hall–Kier alpha value is -1.77. The molecule has 0 saturated carbocycles. The van der Waals surface area contributed by atoms with E-state index in [1.54, 1.807) is 6.07 Å². The third-order valence-electron chi connectivity index (χ3n) is 1.73. The van der Waals surface area contributed by atoms with Crippen LogP contribution in [-0.4, -0.2) is 12.1 Å². The minimum absolute atomic E-state index is 0.144. The van der Waals surface area contributed by atoms with Crippen molar-refractivity contribution in [1.82, 2.24) is 4.98 Å². The van der Waals surface area contributed by atoms with Crippen LogP contribution >= 0.6 is 0 Å². The normalized spacial score (nSPS) is 10.9. The molecular weight excluding hydrogens is 209 g/mol. The van der Waals surface area contributed by atoms with Crippen molar-refractivity contribution in [1.29, 1.82) is 5.26 Å². The molecule has 80 valence electrons. The van der Waals surface area contributed by atoms with Crippen LogP contribution in [0.3, 0.4) is 0 Å². The van der Waals surface area contributed by atoms with Crippen LogP contribution in [0.2, 0.25) is 0 Å². The Morgan fingerprint density at radius 3 is 2.67 bits per heavy atom. The topological polar surface area (TPSA) is 45.9 Å². The van der Waals surface area contributed by atoms with Gasteiger partial charge in [0, 0.05) is 5.56 Å². The van der Waals surface area contributed by atoms with Crippen LogP contribution in [0.5, 0.6) is 5.75 Å². The van der Waals surface area contributed by atoms with Gasteiger partial charge in [-0.1, -0.05) is 0 Å². The summed E-state index contributed by atoms with van der Waals surface area (Å²) in [7, 11) is 1.31. The summed E-state index contributed by atoms with van der Waals surface area (Å²) in [4.78, 5) is 3.20. The van der Waals surface area contributed by atoms with Gasteiger partial charge in [0.1, 0.15) is 11.4 Å². The van der Waals surface area contributed by atoms with Crippen molar-refractivity contribution in [3.05, 3.63) is 23.5 Å². The zero-order valence-electron chi connectivity index (χ0n) is 7.80. The first-order chi connectivity index (χ1) is 6.99. The monoisotopic (exact) mass is 216 g/mol. The minimum atomic E-state index is -4.50. The smallest absolute Gasteiger partial charge is 0.433 e. The molecule has 0 N–H and O–H groups in total. The summed E-state index contributed by atoms with van der Waals surface area (Å²) in [6, 6.07) is 2.58. The molecule has 0 aliphatic rings. The lowest BCUT2D eigenvalue weighted by Crippen LogP contribution is -2.09. The number of hydrogen-bond acceptors (Lipinski definition) is 3. The Balaban J connectivity index is 3.17. The third-order valence-corrected chi connectivity index (χ3v) is 1.73. The van der Waals surface area contributed by atoms with E-state index in [1.165, 1.54) is 7.11 Å². The van der Waals surface area contributed by atoms with Gasteiger partial charge in [-0.2, -0.15) is 18.4 Å². The maximum absolute atomic E-state index is 12.3. The average Bonchev–Trinajstić information content (AvgIpc) is 2.17. The Morgan fingerprint density at radius 1 is 1.53 bits per heavy atom. The van der Waals surface area contributed by atoms with E-state index >= 15 is 0 Å². The molecule has 15 heavy (non-hydrogen) atoms. The Bertz CT molecular complexity index is 395. The van der Waals surface area contributed by atoms with Crippen LogP contribution in [0.4, 0.5) is 13.2 Å². The minimum Gasteiger partial charge on any atom is -0.495 e. The summed E-state index contributed by atoms with van der Waals surface area (Å²) in [6.45, 7) is 0. The van der Waals surface area contributed by atoms with Crippen molar-refractivity contribution in [3.63, 3.8) is 0 Å². The number of aromatic nitrogens is 1. The number of alkyl halides is 3. The number of halogens is 3. The second-order valence-corrected chi connectivity index (χ2v) is 2.71. The van der Waals surface area contributed by atoms with Crippen molar-refractivity contribution in [3.8, 4) is 11.8 Å². The molecular formula is C9H7F3N2O. The van der Waals surface area contributed by atoms with Gasteiger partial charge in [0.05, 0.1) is 25.8 Å². The van der Waals surface area contributed by atoms with Gasteiger partial charge in [-0.3, -0.25) is 0 Å². The van der Waals surface area contributed by atoms with Crippen LogP contribution in [0.1, 0.15) is 11.3 Å². The molecule has 0 aliphatic carbocycles. The highest BCUT2D eigenvalue weighted by Gasteiger charge is 2.33. The van der Waals surface area contributed by atoms with Gasteiger partial charge in [0.2, 0.25) is 0 Å². The van der Waals surface area contributed by atoms with Gasteiger partial charge in [0.25, 0.3) is 0 Å². The SMILES string of the molecule is COc1cnc(C(F)(F)F)cc1CC#N. The van der Waals surface area contributed by atoms with Crippen LogP contribution in [0, 0.1) is 11.3 Å². The van der Waals surface area contributed by atoms with Gasteiger partial charge < -0.3 is 4.74 Å². The summed E-state index contributed by atoms with van der Waals surface area (Å²) in [5.74, 6) is 0.185. The largest absolute Gasteiger partial charge is 0.495 e. The Labute approximate surface area is 84.1 Å². The number of rotatable bonds is 2. The Kier molecular flexibility index (Phi) is 3.14. The van der Waals surface area contributed by atoms with Gasteiger partial charge in [-0.05, 0) is 6.07 Å². The quantitative estimate of drug-likeness (QED) is 0.761. The average molecular weight is 216 g/mol. The van der Waals surface area contributed by atoms with Crippen molar-refractivity contribution < 1.29 is 17.9 Å². The van der Waals surface area contributed by atoms with E-state index in [1.807, 2.05) is 0 Å². The van der Waals surface area contributed by atoms with E-state index in [2.05, 4.69) is 4.98 Å². The van der Waals surface area contributed by atoms with E-state index in [0.717, 1.165) is 12.3 Å². The maximum atomic E-state index is 12.3. The maximum Gasteiger partial charge on any atom is 0.433 e. The van der Waals surface area contributed by atoms with Gasteiger partial charge in [-0.25, -0.2) is 4.98 Å². The molecule has 0 bridgehead atoms. The van der Waals surface area contributed by atoms with Crippen LogP contribution < -0.4 is 4.74 Å². The first-order valence-corrected chi connectivity index (χ1v) is 3.96. The van der Waals surface area contributed by atoms with Crippen LogP contribution in [0.25, 0.3) is 0 Å². The summed E-state index contributed by atoms with van der Waals surface area (Å²) in [5, 5.41) is 8.43. The lowest BCUT2D eigenvalue weighted by Gasteiger charge is -2.09. The van der Waals surface area contributed by atoms with Crippen molar-refractivity contribution in [2.24, 2.45) is 0 Å². The fraction of sp³-hybridized carbons (Fsp3) is 0.333. The molecule has 1 rings (SSSR count). The fourth-order valence-electron chi connectivity index (χ4n) is 1.05. The van der Waals surface area contributed by atoms with E-state index in [-0.39, 0.29) is 17.7 Å². The molecule has 1 aromatic heterocycles. The Morgan fingerprint density at radius 2 is 2.20 bits per heavy atom. The van der Waals surface area contributed by atoms with E-state index in [9.17, 15) is 13.2 Å². The van der Waals surface area contributed by atoms with Crippen LogP contribution in [0.15, 0.2) is 12.3 Å². The molecule has 0 atom stereocenters. The summed E-state index contributed by atoms with van der Waals surface area (Å²) >= 11 is 0. The van der Waals surface area contributed by atoms with Gasteiger partial charge >= 0.3 is 6.18 Å². The molecule has 1 aromatic rings. The molecule has 0 spiro atoms. The van der Waals surface area contributed by atoms with Crippen molar-refractivity contribution in [2.45, 2.75) is 12.6 Å². The molecule has 0 aliphatic heterocycles. The first kappa shape index (κ1) is 11.3. The predicted octanol–water partition coefficient (Wildman–Crippen LogP) is 2.18. The molecule has 0 amide bonds. The highest BCUT2D eigenvalue weighted by molar-refractivity contribution is 5.35. The zero-order valence-corrected chi connectivity index (χ0v) is 7.80. The second kappa shape index (κ2) is 4.17. The lowest BCUT2D eigenvalue weighted by molar-refractivity contribution is -0.141. The zero-order chi connectivity index (χ0) is 11.5.